The fourth-order valence-electron chi connectivity index (χ4n) is 4.66. The van der Waals surface area contributed by atoms with Crippen LogP contribution in [-0.2, 0) is 19.6 Å². The zero-order valence-electron chi connectivity index (χ0n) is 10.8. The molecule has 0 aromatic rings. The maximum Gasteiger partial charge on any atom is 0.307 e. The number of hydrogen-bond acceptors (Lipinski definition) is 5. The summed E-state index contributed by atoms with van der Waals surface area (Å²) in [5.74, 6) is 0.825. The van der Waals surface area contributed by atoms with Crippen LogP contribution in [0, 0.1) is 17.8 Å². The van der Waals surface area contributed by atoms with E-state index in [0.29, 0.717) is 17.8 Å². The van der Waals surface area contributed by atoms with Gasteiger partial charge in [-0.1, -0.05) is 0 Å². The van der Waals surface area contributed by atoms with Gasteiger partial charge in [-0.05, 0) is 56.3 Å². The fraction of sp³-hybridized carbons (Fsp3) is 0.923. The lowest BCUT2D eigenvalue weighted by molar-refractivity contribution is -0.186. The van der Waals surface area contributed by atoms with Gasteiger partial charge >= 0.3 is 5.97 Å². The van der Waals surface area contributed by atoms with E-state index in [1.807, 2.05) is 0 Å². The molecular formula is C13H19O5S-. The van der Waals surface area contributed by atoms with Gasteiger partial charge in [-0.3, -0.25) is 4.79 Å². The highest BCUT2D eigenvalue weighted by molar-refractivity contribution is 7.85. The Morgan fingerprint density at radius 3 is 2.00 bits per heavy atom. The molecule has 4 aliphatic carbocycles. The number of rotatable bonds is 4. The molecule has 108 valence electrons. The van der Waals surface area contributed by atoms with Crippen molar-refractivity contribution < 1.29 is 22.5 Å². The van der Waals surface area contributed by atoms with Crippen LogP contribution in [0.1, 0.15) is 44.9 Å². The molecule has 0 spiro atoms. The third-order valence-electron chi connectivity index (χ3n) is 4.87. The molecule has 0 unspecified atom stereocenters. The molecule has 0 N–H and O–H groups in total. The van der Waals surface area contributed by atoms with Gasteiger partial charge in [-0.15, -0.1) is 0 Å². The lowest BCUT2D eigenvalue weighted by Gasteiger charge is -2.55. The van der Waals surface area contributed by atoms with Crippen LogP contribution in [0.25, 0.3) is 0 Å². The van der Waals surface area contributed by atoms with Crippen LogP contribution in [0.3, 0.4) is 0 Å². The van der Waals surface area contributed by atoms with Gasteiger partial charge in [-0.25, -0.2) is 8.42 Å². The molecule has 4 saturated carbocycles. The van der Waals surface area contributed by atoms with Gasteiger partial charge in [0.25, 0.3) is 0 Å². The SMILES string of the molecule is O=C(CCS(=O)(=O)[O-])OC12CC3CC(CC(C3)C1)C2. The van der Waals surface area contributed by atoms with Crippen molar-refractivity contribution in [1.29, 1.82) is 0 Å². The molecular weight excluding hydrogens is 268 g/mol. The Balaban J connectivity index is 1.61. The van der Waals surface area contributed by atoms with Crippen molar-refractivity contribution in [2.45, 2.75) is 50.5 Å². The third-order valence-corrected chi connectivity index (χ3v) is 5.57. The highest BCUT2D eigenvalue weighted by atomic mass is 32.2. The predicted octanol–water partition coefficient (Wildman–Crippen LogP) is 1.43. The van der Waals surface area contributed by atoms with E-state index >= 15 is 0 Å². The van der Waals surface area contributed by atoms with Gasteiger partial charge in [0.15, 0.2) is 0 Å². The van der Waals surface area contributed by atoms with Crippen molar-refractivity contribution in [1.82, 2.24) is 0 Å². The first-order valence-corrected chi connectivity index (χ1v) is 8.57. The molecule has 4 bridgehead atoms. The van der Waals surface area contributed by atoms with Crippen LogP contribution in [0.4, 0.5) is 0 Å². The average molecular weight is 287 g/mol. The summed E-state index contributed by atoms with van der Waals surface area (Å²) in [5, 5.41) is 0. The molecule has 19 heavy (non-hydrogen) atoms. The summed E-state index contributed by atoms with van der Waals surface area (Å²) in [6.07, 6.45) is 6.23. The van der Waals surface area contributed by atoms with E-state index in [9.17, 15) is 17.8 Å². The second-order valence-electron chi connectivity index (χ2n) is 6.59. The average Bonchev–Trinajstić information content (AvgIpc) is 2.22. The summed E-state index contributed by atoms with van der Waals surface area (Å²) in [7, 11) is -4.34. The minimum absolute atomic E-state index is 0.312. The first-order valence-electron chi connectivity index (χ1n) is 6.99. The molecule has 4 rings (SSSR count). The van der Waals surface area contributed by atoms with E-state index in [1.165, 1.54) is 19.3 Å². The number of carbonyl (C=O) groups excluding carboxylic acids is 1. The maximum absolute atomic E-state index is 11.7. The lowest BCUT2D eigenvalue weighted by atomic mass is 9.54. The molecule has 0 aromatic carbocycles. The minimum atomic E-state index is -4.34. The van der Waals surface area contributed by atoms with E-state index in [4.69, 9.17) is 4.74 Å². The first kappa shape index (κ1) is 13.4. The zero-order valence-corrected chi connectivity index (χ0v) is 11.7. The van der Waals surface area contributed by atoms with Gasteiger partial charge < -0.3 is 9.29 Å². The van der Waals surface area contributed by atoms with Gasteiger partial charge in [0.05, 0.1) is 16.5 Å². The van der Waals surface area contributed by atoms with Gasteiger partial charge in [0, 0.05) is 5.75 Å². The fourth-order valence-corrected chi connectivity index (χ4v) is 5.07. The Kier molecular flexibility index (Phi) is 3.13. The number of carbonyl (C=O) groups is 1. The first-order chi connectivity index (χ1) is 8.84. The smallest absolute Gasteiger partial charge is 0.307 e. The zero-order chi connectivity index (χ0) is 13.7. The van der Waals surface area contributed by atoms with Crippen LogP contribution in [0.15, 0.2) is 0 Å². The quantitative estimate of drug-likeness (QED) is 0.577. The second kappa shape index (κ2) is 4.45. The molecule has 4 aliphatic rings. The summed E-state index contributed by atoms with van der Waals surface area (Å²) in [6.45, 7) is 0. The number of hydrogen-bond donors (Lipinski definition) is 0. The van der Waals surface area contributed by atoms with Crippen molar-refractivity contribution in [2.75, 3.05) is 5.75 Å². The predicted molar refractivity (Wildman–Crippen MR) is 66.2 cm³/mol. The third kappa shape index (κ3) is 2.94. The van der Waals surface area contributed by atoms with E-state index < -0.39 is 21.8 Å². The van der Waals surface area contributed by atoms with Crippen molar-refractivity contribution in [3.05, 3.63) is 0 Å². The van der Waals surface area contributed by atoms with E-state index in [-0.39, 0.29) is 12.0 Å². The van der Waals surface area contributed by atoms with Crippen LogP contribution in [0.5, 0.6) is 0 Å². The summed E-state index contributed by atoms with van der Waals surface area (Å²) >= 11 is 0. The van der Waals surface area contributed by atoms with Crippen LogP contribution < -0.4 is 0 Å². The molecule has 5 nitrogen and oxygen atoms in total. The molecule has 0 radical (unpaired) electrons. The Hall–Kier alpha value is -0.620. The lowest BCUT2D eigenvalue weighted by Crippen LogP contribution is -2.52. The molecule has 0 amide bonds. The summed E-state index contributed by atoms with van der Waals surface area (Å²) < 4.78 is 37.2. The molecule has 0 aliphatic heterocycles. The van der Waals surface area contributed by atoms with Crippen molar-refractivity contribution >= 4 is 16.1 Å². The van der Waals surface area contributed by atoms with Gasteiger partial charge in [0.1, 0.15) is 5.60 Å². The largest absolute Gasteiger partial charge is 0.748 e. The molecule has 6 heteroatoms. The summed E-state index contributed by atoms with van der Waals surface area (Å²) in [6, 6.07) is 0. The van der Waals surface area contributed by atoms with Gasteiger partial charge in [0.2, 0.25) is 0 Å². The van der Waals surface area contributed by atoms with Crippen molar-refractivity contribution in [3.63, 3.8) is 0 Å². The number of ether oxygens (including phenoxy) is 1. The van der Waals surface area contributed by atoms with Crippen LogP contribution in [0.2, 0.25) is 0 Å². The Morgan fingerprint density at radius 2 is 1.58 bits per heavy atom. The molecule has 0 aromatic heterocycles. The molecule has 4 fully saturated rings. The minimum Gasteiger partial charge on any atom is -0.748 e. The Labute approximate surface area is 113 Å². The highest BCUT2D eigenvalue weighted by Crippen LogP contribution is 2.57. The van der Waals surface area contributed by atoms with E-state index in [0.717, 1.165) is 19.3 Å². The van der Waals surface area contributed by atoms with Crippen LogP contribution in [-0.4, -0.2) is 30.3 Å². The van der Waals surface area contributed by atoms with E-state index in [1.54, 1.807) is 0 Å². The monoisotopic (exact) mass is 287 g/mol. The highest BCUT2D eigenvalue weighted by Gasteiger charge is 2.53. The molecule has 0 saturated heterocycles. The molecule has 0 atom stereocenters. The van der Waals surface area contributed by atoms with Crippen molar-refractivity contribution in [3.8, 4) is 0 Å². The van der Waals surface area contributed by atoms with Gasteiger partial charge in [-0.2, -0.15) is 0 Å². The summed E-state index contributed by atoms with van der Waals surface area (Å²) in [4.78, 5) is 11.7. The Morgan fingerprint density at radius 1 is 1.11 bits per heavy atom. The Bertz CT molecular complexity index is 446. The normalized spacial score (nSPS) is 40.4. The maximum atomic E-state index is 11.7. The number of esters is 1. The van der Waals surface area contributed by atoms with Crippen molar-refractivity contribution in [2.24, 2.45) is 17.8 Å². The van der Waals surface area contributed by atoms with Crippen LogP contribution >= 0.6 is 0 Å². The second-order valence-corrected chi connectivity index (χ2v) is 8.11. The standard InChI is InChI=1S/C13H20O5S/c14-12(1-2-19(15,16)17)18-13-6-9-3-10(7-13)5-11(4-9)8-13/h9-11H,1-8H2,(H,15,16,17)/p-1. The van der Waals surface area contributed by atoms with E-state index in [2.05, 4.69) is 0 Å². The summed E-state index contributed by atoms with van der Waals surface area (Å²) in [5.41, 5.74) is -0.349. The molecule has 0 heterocycles. The topological polar surface area (TPSA) is 83.5 Å².